The molecule has 50 heavy (non-hydrogen) atoms. The fourth-order valence-corrected chi connectivity index (χ4v) is 6.68. The first kappa shape index (κ1) is 28.1. The molecule has 6 heteroatoms. The Hall–Kier alpha value is -6.92. The molecule has 0 atom stereocenters. The highest BCUT2D eigenvalue weighted by atomic mass is 16.4. The lowest BCUT2D eigenvalue weighted by Gasteiger charge is -2.10. The molecule has 3 aromatic heterocycles. The Kier molecular flexibility index (Phi) is 6.39. The summed E-state index contributed by atoms with van der Waals surface area (Å²) >= 11 is 0. The van der Waals surface area contributed by atoms with Crippen LogP contribution in [0.25, 0.3) is 101 Å². The highest BCUT2D eigenvalue weighted by molar-refractivity contribution is 6.21. The lowest BCUT2D eigenvalue weighted by Crippen LogP contribution is -2.00. The summed E-state index contributed by atoms with van der Waals surface area (Å²) in [6.45, 7) is 0. The van der Waals surface area contributed by atoms with Crippen molar-refractivity contribution < 1.29 is 8.83 Å². The molecule has 0 aliphatic heterocycles. The van der Waals surface area contributed by atoms with Gasteiger partial charge in [-0.1, -0.05) is 121 Å². The molecule has 0 saturated heterocycles. The molecule has 0 spiro atoms. The Balaban J connectivity index is 1.11. The van der Waals surface area contributed by atoms with Crippen LogP contribution in [0.5, 0.6) is 0 Å². The number of para-hydroxylation sites is 1. The van der Waals surface area contributed by atoms with E-state index in [2.05, 4.69) is 48.5 Å². The molecule has 0 fully saturated rings. The largest absolute Gasteiger partial charge is 0.455 e. The van der Waals surface area contributed by atoms with E-state index in [0.717, 1.165) is 71.6 Å². The van der Waals surface area contributed by atoms with Crippen molar-refractivity contribution in [3.8, 4) is 56.7 Å². The third-order valence-corrected chi connectivity index (χ3v) is 9.14. The highest BCUT2D eigenvalue weighted by Gasteiger charge is 2.21. The summed E-state index contributed by atoms with van der Waals surface area (Å²) in [5.74, 6) is 2.48. The Bertz CT molecular complexity index is 2800. The second-order valence-electron chi connectivity index (χ2n) is 12.3. The molecular formula is C44H26N4O2. The molecule has 0 aliphatic rings. The first-order valence-electron chi connectivity index (χ1n) is 16.5. The molecule has 7 aromatic carbocycles. The minimum Gasteiger partial charge on any atom is -0.455 e. The second-order valence-corrected chi connectivity index (χ2v) is 12.3. The van der Waals surface area contributed by atoms with Crippen LogP contribution in [0, 0.1) is 0 Å². The molecule has 234 valence electrons. The minimum absolute atomic E-state index is 0.583. The standard InChI is InChI=1S/C44H26N4O2/c1-4-12-27(13-5-1)41-46-42(28-14-6-2-7-15-28)48-43(47-41)33-23-21-30-24-32(22-20-31(30)25-33)35-26-37-39(45-44(50-37)29-16-8-3-9-17-29)38-34-18-10-11-19-36(34)49-40(35)38/h1-26H. The van der Waals surface area contributed by atoms with Crippen molar-refractivity contribution in [2.75, 3.05) is 0 Å². The zero-order chi connectivity index (χ0) is 33.0. The Labute approximate surface area is 286 Å². The van der Waals surface area contributed by atoms with E-state index in [-0.39, 0.29) is 0 Å². The summed E-state index contributed by atoms with van der Waals surface area (Å²) in [7, 11) is 0. The summed E-state index contributed by atoms with van der Waals surface area (Å²) in [4.78, 5) is 19.7. The van der Waals surface area contributed by atoms with E-state index in [4.69, 9.17) is 28.8 Å². The van der Waals surface area contributed by atoms with Crippen molar-refractivity contribution in [2.24, 2.45) is 0 Å². The summed E-state index contributed by atoms with van der Waals surface area (Å²) in [6.07, 6.45) is 0. The maximum Gasteiger partial charge on any atom is 0.227 e. The topological polar surface area (TPSA) is 77.8 Å². The van der Waals surface area contributed by atoms with Crippen molar-refractivity contribution in [2.45, 2.75) is 0 Å². The van der Waals surface area contributed by atoms with E-state index in [0.29, 0.717) is 28.9 Å². The van der Waals surface area contributed by atoms with Gasteiger partial charge >= 0.3 is 0 Å². The Morgan fingerprint density at radius 2 is 0.920 bits per heavy atom. The van der Waals surface area contributed by atoms with E-state index in [9.17, 15) is 0 Å². The number of oxazole rings is 1. The van der Waals surface area contributed by atoms with Crippen LogP contribution < -0.4 is 0 Å². The third kappa shape index (κ3) is 4.73. The van der Waals surface area contributed by atoms with E-state index < -0.39 is 0 Å². The van der Waals surface area contributed by atoms with E-state index >= 15 is 0 Å². The van der Waals surface area contributed by atoms with Crippen molar-refractivity contribution in [3.05, 3.63) is 158 Å². The van der Waals surface area contributed by atoms with Crippen LogP contribution in [0.15, 0.2) is 167 Å². The molecule has 10 aromatic rings. The maximum absolute atomic E-state index is 6.54. The fraction of sp³-hybridized carbons (Fsp3) is 0. The predicted octanol–water partition coefficient (Wildman–Crippen LogP) is 11.4. The number of rotatable bonds is 5. The molecule has 0 N–H and O–H groups in total. The number of nitrogens with zero attached hydrogens (tertiary/aromatic N) is 4. The zero-order valence-corrected chi connectivity index (χ0v) is 26.6. The van der Waals surface area contributed by atoms with Crippen molar-refractivity contribution in [3.63, 3.8) is 0 Å². The van der Waals surface area contributed by atoms with Crippen LogP contribution in [-0.4, -0.2) is 19.9 Å². The molecule has 0 unspecified atom stereocenters. The number of aromatic nitrogens is 4. The zero-order valence-electron chi connectivity index (χ0n) is 26.6. The molecular weight excluding hydrogens is 617 g/mol. The second kappa shape index (κ2) is 11.4. The van der Waals surface area contributed by atoms with Gasteiger partial charge in [0.25, 0.3) is 0 Å². The molecule has 0 saturated carbocycles. The van der Waals surface area contributed by atoms with E-state index in [1.165, 1.54) is 0 Å². The van der Waals surface area contributed by atoms with Crippen LogP contribution in [0.2, 0.25) is 0 Å². The summed E-state index contributed by atoms with van der Waals surface area (Å²) in [6, 6.07) is 53.0. The average Bonchev–Trinajstić information content (AvgIpc) is 3.80. The molecule has 0 aliphatic carbocycles. The van der Waals surface area contributed by atoms with Crippen LogP contribution >= 0.6 is 0 Å². The lowest BCUT2D eigenvalue weighted by atomic mass is 9.97. The fourth-order valence-electron chi connectivity index (χ4n) is 6.68. The van der Waals surface area contributed by atoms with Crippen molar-refractivity contribution >= 4 is 43.8 Å². The Morgan fingerprint density at radius 3 is 1.58 bits per heavy atom. The molecule has 0 radical (unpaired) electrons. The van der Waals surface area contributed by atoms with Crippen molar-refractivity contribution in [1.82, 2.24) is 19.9 Å². The third-order valence-electron chi connectivity index (χ3n) is 9.14. The van der Waals surface area contributed by atoms with Gasteiger partial charge in [-0.2, -0.15) is 0 Å². The van der Waals surface area contributed by atoms with Gasteiger partial charge in [0.2, 0.25) is 5.89 Å². The summed E-state index contributed by atoms with van der Waals surface area (Å²) in [5, 5.41) is 4.11. The van der Waals surface area contributed by atoms with E-state index in [1.54, 1.807) is 0 Å². The number of hydrogen-bond donors (Lipinski definition) is 0. The smallest absolute Gasteiger partial charge is 0.227 e. The quantitative estimate of drug-likeness (QED) is 0.186. The molecule has 6 nitrogen and oxygen atoms in total. The van der Waals surface area contributed by atoms with Gasteiger partial charge in [-0.25, -0.2) is 19.9 Å². The first-order chi connectivity index (χ1) is 24.7. The van der Waals surface area contributed by atoms with Gasteiger partial charge < -0.3 is 8.83 Å². The average molecular weight is 643 g/mol. The van der Waals surface area contributed by atoms with Crippen molar-refractivity contribution in [1.29, 1.82) is 0 Å². The van der Waals surface area contributed by atoms with Gasteiger partial charge in [0, 0.05) is 33.2 Å². The maximum atomic E-state index is 6.54. The molecule has 10 rings (SSSR count). The minimum atomic E-state index is 0.583. The van der Waals surface area contributed by atoms with E-state index in [1.807, 2.05) is 109 Å². The van der Waals surface area contributed by atoms with Gasteiger partial charge in [-0.3, -0.25) is 0 Å². The van der Waals surface area contributed by atoms with Gasteiger partial charge in [0.05, 0.1) is 5.39 Å². The van der Waals surface area contributed by atoms with Crippen LogP contribution in [0.3, 0.4) is 0 Å². The van der Waals surface area contributed by atoms with Gasteiger partial charge in [0.15, 0.2) is 23.1 Å². The highest BCUT2D eigenvalue weighted by Crippen LogP contribution is 2.42. The SMILES string of the molecule is c1ccc(-c2nc(-c3ccccc3)nc(-c3ccc4cc(-c5cc6oc(-c7ccccc7)nc6c6c5oc5ccccc56)ccc4c3)n2)cc1. The van der Waals surface area contributed by atoms with Crippen LogP contribution in [0.1, 0.15) is 0 Å². The number of furan rings is 1. The number of fused-ring (bicyclic) bond motifs is 6. The monoisotopic (exact) mass is 642 g/mol. The number of hydrogen-bond acceptors (Lipinski definition) is 6. The summed E-state index contributed by atoms with van der Waals surface area (Å²) < 4.78 is 12.9. The first-order valence-corrected chi connectivity index (χ1v) is 16.5. The van der Waals surface area contributed by atoms with Crippen LogP contribution in [0.4, 0.5) is 0 Å². The van der Waals surface area contributed by atoms with Crippen LogP contribution in [-0.2, 0) is 0 Å². The lowest BCUT2D eigenvalue weighted by molar-refractivity contribution is 0.619. The van der Waals surface area contributed by atoms with Gasteiger partial charge in [-0.15, -0.1) is 0 Å². The number of benzene rings is 7. The van der Waals surface area contributed by atoms with Gasteiger partial charge in [0.1, 0.15) is 16.7 Å². The molecule has 0 amide bonds. The molecule has 0 bridgehead atoms. The predicted molar refractivity (Wildman–Crippen MR) is 199 cm³/mol. The molecule has 3 heterocycles. The normalized spacial score (nSPS) is 11.6. The summed E-state index contributed by atoms with van der Waals surface area (Å²) in [5.41, 5.74) is 8.80. The Morgan fingerprint density at radius 1 is 0.380 bits per heavy atom. The van der Waals surface area contributed by atoms with Gasteiger partial charge in [-0.05, 0) is 52.7 Å².